The molecule has 1 saturated heterocycles. The summed E-state index contributed by atoms with van der Waals surface area (Å²) in [7, 11) is 0. The van der Waals surface area contributed by atoms with Crippen LogP contribution in [0.5, 0.6) is 0 Å². The third-order valence-corrected chi connectivity index (χ3v) is 2.41. The fraction of sp³-hybridized carbons (Fsp3) is 0.875. The molecule has 2 aliphatic rings. The standard InChI is InChI=1S/C8H14N2O2/c11-8(9-6-2-1-3-6)10-7-4-12-5-7/h6-7H,1-5H2,(H2,9,10,11). The van der Waals surface area contributed by atoms with Crippen molar-refractivity contribution in [1.29, 1.82) is 0 Å². The monoisotopic (exact) mass is 170 g/mol. The number of urea groups is 1. The van der Waals surface area contributed by atoms with Gasteiger partial charge in [0.05, 0.1) is 19.3 Å². The zero-order valence-corrected chi connectivity index (χ0v) is 7.01. The lowest BCUT2D eigenvalue weighted by molar-refractivity contribution is -0.000273. The van der Waals surface area contributed by atoms with E-state index in [-0.39, 0.29) is 12.1 Å². The molecule has 1 aliphatic carbocycles. The van der Waals surface area contributed by atoms with Gasteiger partial charge in [0, 0.05) is 6.04 Å². The van der Waals surface area contributed by atoms with Crippen molar-refractivity contribution >= 4 is 6.03 Å². The van der Waals surface area contributed by atoms with E-state index in [0.717, 1.165) is 12.8 Å². The Labute approximate surface area is 71.7 Å². The Hall–Kier alpha value is -0.770. The van der Waals surface area contributed by atoms with Crippen molar-refractivity contribution in [3.05, 3.63) is 0 Å². The highest BCUT2D eigenvalue weighted by Crippen LogP contribution is 2.17. The zero-order chi connectivity index (χ0) is 8.39. The molecule has 0 radical (unpaired) electrons. The Morgan fingerprint density at radius 1 is 1.17 bits per heavy atom. The summed E-state index contributed by atoms with van der Waals surface area (Å²) in [5.41, 5.74) is 0. The number of rotatable bonds is 2. The molecule has 0 aromatic heterocycles. The van der Waals surface area contributed by atoms with Crippen molar-refractivity contribution in [1.82, 2.24) is 10.6 Å². The van der Waals surface area contributed by atoms with Gasteiger partial charge in [-0.1, -0.05) is 0 Å². The van der Waals surface area contributed by atoms with Gasteiger partial charge in [0.15, 0.2) is 0 Å². The largest absolute Gasteiger partial charge is 0.377 e. The maximum absolute atomic E-state index is 11.2. The molecule has 4 heteroatoms. The van der Waals surface area contributed by atoms with Gasteiger partial charge in [0.25, 0.3) is 0 Å². The summed E-state index contributed by atoms with van der Waals surface area (Å²) < 4.78 is 4.94. The van der Waals surface area contributed by atoms with Crippen molar-refractivity contribution in [3.8, 4) is 0 Å². The van der Waals surface area contributed by atoms with Gasteiger partial charge in [-0.15, -0.1) is 0 Å². The average molecular weight is 170 g/mol. The summed E-state index contributed by atoms with van der Waals surface area (Å²) in [5.74, 6) is 0. The molecule has 2 rings (SSSR count). The predicted molar refractivity (Wildman–Crippen MR) is 43.9 cm³/mol. The highest BCUT2D eigenvalue weighted by molar-refractivity contribution is 5.74. The van der Waals surface area contributed by atoms with Gasteiger partial charge >= 0.3 is 6.03 Å². The summed E-state index contributed by atoms with van der Waals surface area (Å²) in [6.45, 7) is 1.33. The number of carbonyl (C=O) groups excluding carboxylic acids is 1. The van der Waals surface area contributed by atoms with Gasteiger partial charge in [-0.2, -0.15) is 0 Å². The van der Waals surface area contributed by atoms with Crippen LogP contribution in [0.15, 0.2) is 0 Å². The van der Waals surface area contributed by atoms with Gasteiger partial charge in [0.2, 0.25) is 0 Å². The molecule has 4 nitrogen and oxygen atoms in total. The fourth-order valence-corrected chi connectivity index (χ4v) is 1.28. The van der Waals surface area contributed by atoms with Crippen LogP contribution >= 0.6 is 0 Å². The van der Waals surface area contributed by atoms with E-state index in [4.69, 9.17) is 4.74 Å². The van der Waals surface area contributed by atoms with Crippen molar-refractivity contribution in [2.75, 3.05) is 13.2 Å². The smallest absolute Gasteiger partial charge is 0.315 e. The molecular formula is C8H14N2O2. The molecule has 1 saturated carbocycles. The highest BCUT2D eigenvalue weighted by Gasteiger charge is 2.23. The maximum Gasteiger partial charge on any atom is 0.315 e. The van der Waals surface area contributed by atoms with Crippen molar-refractivity contribution < 1.29 is 9.53 Å². The normalized spacial score (nSPS) is 24.0. The lowest BCUT2D eigenvalue weighted by Gasteiger charge is -2.30. The van der Waals surface area contributed by atoms with Crippen LogP contribution in [0.3, 0.4) is 0 Å². The molecule has 2 N–H and O–H groups in total. The molecule has 0 spiro atoms. The molecule has 1 heterocycles. The Morgan fingerprint density at radius 2 is 1.83 bits per heavy atom. The Balaban J connectivity index is 1.62. The van der Waals surface area contributed by atoms with E-state index in [1.165, 1.54) is 6.42 Å². The first-order valence-corrected chi connectivity index (χ1v) is 4.49. The van der Waals surface area contributed by atoms with Gasteiger partial charge in [-0.3, -0.25) is 0 Å². The van der Waals surface area contributed by atoms with Crippen molar-refractivity contribution in [2.24, 2.45) is 0 Å². The van der Waals surface area contributed by atoms with Crippen LogP contribution < -0.4 is 10.6 Å². The molecular weight excluding hydrogens is 156 g/mol. The van der Waals surface area contributed by atoms with Gasteiger partial charge < -0.3 is 15.4 Å². The molecule has 1 aliphatic heterocycles. The van der Waals surface area contributed by atoms with Gasteiger partial charge in [-0.25, -0.2) is 4.79 Å². The molecule has 0 atom stereocenters. The quantitative estimate of drug-likeness (QED) is 0.623. The Bertz CT molecular complexity index is 158. The SMILES string of the molecule is O=C(NC1CCC1)NC1COC1. The van der Waals surface area contributed by atoms with Crippen molar-refractivity contribution in [2.45, 2.75) is 31.3 Å². The van der Waals surface area contributed by atoms with E-state index < -0.39 is 0 Å². The second kappa shape index (κ2) is 3.31. The first kappa shape index (κ1) is 7.86. The maximum atomic E-state index is 11.2. The third kappa shape index (κ3) is 1.69. The fourth-order valence-electron chi connectivity index (χ4n) is 1.28. The Kier molecular flexibility index (Phi) is 2.17. The summed E-state index contributed by atoms with van der Waals surface area (Å²) in [4.78, 5) is 11.2. The summed E-state index contributed by atoms with van der Waals surface area (Å²) in [5, 5.41) is 5.75. The molecule has 0 unspecified atom stereocenters. The summed E-state index contributed by atoms with van der Waals surface area (Å²) in [6.07, 6.45) is 3.51. The summed E-state index contributed by atoms with van der Waals surface area (Å²) in [6, 6.07) is 0.629. The van der Waals surface area contributed by atoms with E-state index in [2.05, 4.69) is 10.6 Å². The zero-order valence-electron chi connectivity index (χ0n) is 7.01. The van der Waals surface area contributed by atoms with Gasteiger partial charge in [-0.05, 0) is 19.3 Å². The topological polar surface area (TPSA) is 50.4 Å². The van der Waals surface area contributed by atoms with Crippen LogP contribution in [0.4, 0.5) is 4.79 Å². The number of ether oxygens (including phenoxy) is 1. The molecule has 12 heavy (non-hydrogen) atoms. The van der Waals surface area contributed by atoms with Gasteiger partial charge in [0.1, 0.15) is 0 Å². The minimum Gasteiger partial charge on any atom is -0.377 e. The van der Waals surface area contributed by atoms with Crippen LogP contribution in [0.25, 0.3) is 0 Å². The number of carbonyl (C=O) groups is 1. The number of nitrogens with one attached hydrogen (secondary N) is 2. The van der Waals surface area contributed by atoms with Crippen LogP contribution in [0.1, 0.15) is 19.3 Å². The highest BCUT2D eigenvalue weighted by atomic mass is 16.5. The van der Waals surface area contributed by atoms with Crippen LogP contribution in [0, 0.1) is 0 Å². The molecule has 2 fully saturated rings. The molecule has 0 bridgehead atoms. The predicted octanol–water partition coefficient (Wildman–Crippen LogP) is 0.237. The van der Waals surface area contributed by atoms with Crippen LogP contribution in [0.2, 0.25) is 0 Å². The Morgan fingerprint density at radius 3 is 2.25 bits per heavy atom. The lowest BCUT2D eigenvalue weighted by Crippen LogP contribution is -2.54. The molecule has 2 amide bonds. The molecule has 0 aromatic rings. The average Bonchev–Trinajstić information content (AvgIpc) is 1.89. The number of hydrogen-bond acceptors (Lipinski definition) is 2. The minimum atomic E-state index is -0.0343. The van der Waals surface area contributed by atoms with E-state index in [0.29, 0.717) is 19.3 Å². The first-order chi connectivity index (χ1) is 5.84. The number of hydrogen-bond donors (Lipinski definition) is 2. The van der Waals surface area contributed by atoms with Crippen molar-refractivity contribution in [3.63, 3.8) is 0 Å². The lowest BCUT2D eigenvalue weighted by atomic mass is 9.93. The van der Waals surface area contributed by atoms with E-state index >= 15 is 0 Å². The molecule has 0 aromatic carbocycles. The third-order valence-electron chi connectivity index (χ3n) is 2.41. The van der Waals surface area contributed by atoms with Crippen LogP contribution in [-0.4, -0.2) is 31.3 Å². The minimum absolute atomic E-state index is 0.0343. The molecule has 68 valence electrons. The van der Waals surface area contributed by atoms with E-state index in [9.17, 15) is 4.79 Å². The van der Waals surface area contributed by atoms with Crippen LogP contribution in [-0.2, 0) is 4.74 Å². The second-order valence-electron chi connectivity index (χ2n) is 3.48. The number of amides is 2. The first-order valence-electron chi connectivity index (χ1n) is 4.49. The van der Waals surface area contributed by atoms with E-state index in [1.54, 1.807) is 0 Å². The second-order valence-corrected chi connectivity index (χ2v) is 3.48. The summed E-state index contributed by atoms with van der Waals surface area (Å²) >= 11 is 0. The van der Waals surface area contributed by atoms with E-state index in [1.807, 2.05) is 0 Å².